The molecule has 0 spiro atoms. The van der Waals surface area contributed by atoms with Crippen molar-refractivity contribution in [1.29, 1.82) is 0 Å². The maximum atomic E-state index is 4.76. The molecule has 1 heterocycles. The van der Waals surface area contributed by atoms with Crippen LogP contribution in [0.3, 0.4) is 0 Å². The fraction of sp³-hybridized carbons (Fsp3) is 0.412. The Labute approximate surface area is 126 Å². The quantitative estimate of drug-likeness (QED) is 0.926. The van der Waals surface area contributed by atoms with Crippen LogP contribution >= 0.6 is 0 Å². The first-order chi connectivity index (χ1) is 10.1. The van der Waals surface area contributed by atoms with E-state index in [9.17, 15) is 0 Å². The number of hydrogen-bond donors (Lipinski definition) is 1. The maximum Gasteiger partial charge on any atom is 0.138 e. The van der Waals surface area contributed by atoms with Crippen molar-refractivity contribution >= 4 is 17.3 Å². The molecule has 1 aromatic heterocycles. The summed E-state index contributed by atoms with van der Waals surface area (Å²) in [6.45, 7) is 4.26. The molecule has 4 heteroatoms. The zero-order chi connectivity index (χ0) is 15.0. The van der Waals surface area contributed by atoms with Gasteiger partial charge in [0.1, 0.15) is 17.5 Å². The summed E-state index contributed by atoms with van der Waals surface area (Å²) in [5, 5.41) is 3.14. The summed E-state index contributed by atoms with van der Waals surface area (Å²) in [6, 6.07) is 8.50. The number of hydrogen-bond acceptors (Lipinski definition) is 4. The molecular weight excluding hydrogens is 260 g/mol. The average molecular weight is 282 g/mol. The highest BCUT2D eigenvalue weighted by molar-refractivity contribution is 5.65. The van der Waals surface area contributed by atoms with Gasteiger partial charge in [-0.15, -0.1) is 0 Å². The smallest absolute Gasteiger partial charge is 0.138 e. The standard InChI is InChI=1S/C17H22N4/c1-11-5-8-14(12(2)9-11)21(4)16-10-15(18-3)19-17(20-16)13-6-7-13/h5,8-10,13H,6-7H2,1-4H3,(H,18,19,20). The van der Waals surface area contributed by atoms with E-state index in [2.05, 4.69) is 54.3 Å². The molecular formula is C17H22N4. The molecule has 1 aromatic carbocycles. The van der Waals surface area contributed by atoms with Crippen LogP contribution in [0.4, 0.5) is 17.3 Å². The van der Waals surface area contributed by atoms with Gasteiger partial charge in [-0.2, -0.15) is 0 Å². The Hall–Kier alpha value is -2.10. The van der Waals surface area contributed by atoms with E-state index < -0.39 is 0 Å². The Kier molecular flexibility index (Phi) is 3.53. The number of nitrogens with zero attached hydrogens (tertiary/aromatic N) is 3. The van der Waals surface area contributed by atoms with Crippen LogP contribution in [0.2, 0.25) is 0 Å². The van der Waals surface area contributed by atoms with E-state index in [4.69, 9.17) is 4.98 Å². The van der Waals surface area contributed by atoms with Crippen molar-refractivity contribution in [3.05, 3.63) is 41.2 Å². The third kappa shape index (κ3) is 2.84. The molecule has 1 fully saturated rings. The number of benzene rings is 1. The predicted molar refractivity (Wildman–Crippen MR) is 87.5 cm³/mol. The summed E-state index contributed by atoms with van der Waals surface area (Å²) < 4.78 is 0. The van der Waals surface area contributed by atoms with E-state index in [1.807, 2.05) is 13.1 Å². The molecule has 0 radical (unpaired) electrons. The Morgan fingerprint density at radius 1 is 1.14 bits per heavy atom. The highest BCUT2D eigenvalue weighted by Gasteiger charge is 2.27. The number of aryl methyl sites for hydroxylation is 2. The van der Waals surface area contributed by atoms with E-state index in [0.717, 1.165) is 17.5 Å². The summed E-state index contributed by atoms with van der Waals surface area (Å²) in [4.78, 5) is 11.5. The molecule has 1 saturated carbocycles. The molecule has 0 unspecified atom stereocenters. The number of rotatable bonds is 4. The third-order valence-corrected chi connectivity index (χ3v) is 3.99. The van der Waals surface area contributed by atoms with Gasteiger partial charge in [-0.1, -0.05) is 17.7 Å². The Bertz CT molecular complexity index is 662. The van der Waals surface area contributed by atoms with Gasteiger partial charge in [0.05, 0.1) is 0 Å². The van der Waals surface area contributed by atoms with Crippen molar-refractivity contribution < 1.29 is 0 Å². The maximum absolute atomic E-state index is 4.76. The van der Waals surface area contributed by atoms with Crippen molar-refractivity contribution in [1.82, 2.24) is 9.97 Å². The van der Waals surface area contributed by atoms with Gasteiger partial charge in [0.25, 0.3) is 0 Å². The summed E-state index contributed by atoms with van der Waals surface area (Å²) in [5.41, 5.74) is 3.72. The minimum Gasteiger partial charge on any atom is -0.373 e. The van der Waals surface area contributed by atoms with Gasteiger partial charge in [-0.25, -0.2) is 9.97 Å². The predicted octanol–water partition coefficient (Wildman–Crippen LogP) is 3.78. The van der Waals surface area contributed by atoms with E-state index in [1.54, 1.807) is 0 Å². The Morgan fingerprint density at radius 3 is 2.52 bits per heavy atom. The monoisotopic (exact) mass is 282 g/mol. The second-order valence-electron chi connectivity index (χ2n) is 5.84. The zero-order valence-electron chi connectivity index (χ0n) is 13.1. The first-order valence-electron chi connectivity index (χ1n) is 7.46. The first kappa shape index (κ1) is 13.9. The number of anilines is 3. The number of nitrogens with one attached hydrogen (secondary N) is 1. The zero-order valence-corrected chi connectivity index (χ0v) is 13.1. The lowest BCUT2D eigenvalue weighted by molar-refractivity contribution is 0.915. The van der Waals surface area contributed by atoms with Crippen LogP contribution in [0.5, 0.6) is 0 Å². The lowest BCUT2D eigenvalue weighted by Gasteiger charge is -2.22. The van der Waals surface area contributed by atoms with Crippen LogP contribution in [0.15, 0.2) is 24.3 Å². The summed E-state index contributed by atoms with van der Waals surface area (Å²) in [5.74, 6) is 3.35. The van der Waals surface area contributed by atoms with E-state index in [-0.39, 0.29) is 0 Å². The van der Waals surface area contributed by atoms with Gasteiger partial charge in [-0.05, 0) is 38.3 Å². The van der Waals surface area contributed by atoms with Gasteiger partial charge in [0, 0.05) is 31.8 Å². The van der Waals surface area contributed by atoms with Gasteiger partial charge in [0.15, 0.2) is 0 Å². The highest BCUT2D eigenvalue weighted by Crippen LogP contribution is 2.39. The minimum absolute atomic E-state index is 0.546. The van der Waals surface area contributed by atoms with E-state index in [1.165, 1.54) is 29.7 Å². The highest BCUT2D eigenvalue weighted by atomic mass is 15.2. The molecule has 2 aromatic rings. The summed E-state index contributed by atoms with van der Waals surface area (Å²) >= 11 is 0. The molecule has 4 nitrogen and oxygen atoms in total. The molecule has 3 rings (SSSR count). The Balaban J connectivity index is 1.99. The normalized spacial score (nSPS) is 14.1. The molecule has 0 amide bonds. The van der Waals surface area contributed by atoms with Gasteiger partial charge >= 0.3 is 0 Å². The Morgan fingerprint density at radius 2 is 1.90 bits per heavy atom. The van der Waals surface area contributed by atoms with Gasteiger partial charge < -0.3 is 10.2 Å². The van der Waals surface area contributed by atoms with Crippen molar-refractivity contribution in [3.8, 4) is 0 Å². The minimum atomic E-state index is 0.546. The third-order valence-electron chi connectivity index (χ3n) is 3.99. The van der Waals surface area contributed by atoms with Gasteiger partial charge in [0.2, 0.25) is 0 Å². The summed E-state index contributed by atoms with van der Waals surface area (Å²) in [6.07, 6.45) is 2.42. The SMILES string of the molecule is CNc1cc(N(C)c2ccc(C)cc2C)nc(C2CC2)n1. The molecule has 1 aliphatic rings. The number of aromatic nitrogens is 2. The van der Waals surface area contributed by atoms with Crippen LogP contribution in [0.25, 0.3) is 0 Å². The molecule has 1 N–H and O–H groups in total. The fourth-order valence-electron chi connectivity index (χ4n) is 2.58. The van der Waals surface area contributed by atoms with Crippen LogP contribution in [-0.4, -0.2) is 24.1 Å². The average Bonchev–Trinajstić information content (AvgIpc) is 3.30. The van der Waals surface area contributed by atoms with Crippen LogP contribution < -0.4 is 10.2 Å². The summed E-state index contributed by atoms with van der Waals surface area (Å²) in [7, 11) is 3.97. The molecule has 0 aliphatic heterocycles. The van der Waals surface area contributed by atoms with Crippen LogP contribution in [-0.2, 0) is 0 Å². The van der Waals surface area contributed by atoms with Crippen molar-refractivity contribution in [2.45, 2.75) is 32.6 Å². The largest absolute Gasteiger partial charge is 0.373 e. The van der Waals surface area contributed by atoms with Crippen molar-refractivity contribution in [2.75, 3.05) is 24.3 Å². The topological polar surface area (TPSA) is 41.0 Å². The molecule has 1 aliphatic carbocycles. The lowest BCUT2D eigenvalue weighted by Crippen LogP contribution is -2.14. The van der Waals surface area contributed by atoms with Crippen molar-refractivity contribution in [3.63, 3.8) is 0 Å². The van der Waals surface area contributed by atoms with Gasteiger partial charge in [-0.3, -0.25) is 0 Å². The van der Waals surface area contributed by atoms with Crippen LogP contribution in [0.1, 0.15) is 35.7 Å². The molecule has 0 atom stereocenters. The molecule has 0 saturated heterocycles. The second-order valence-corrected chi connectivity index (χ2v) is 5.84. The van der Waals surface area contributed by atoms with E-state index in [0.29, 0.717) is 5.92 Å². The second kappa shape index (κ2) is 5.35. The first-order valence-corrected chi connectivity index (χ1v) is 7.46. The lowest BCUT2D eigenvalue weighted by atomic mass is 10.1. The van der Waals surface area contributed by atoms with Crippen molar-refractivity contribution in [2.24, 2.45) is 0 Å². The fourth-order valence-corrected chi connectivity index (χ4v) is 2.58. The van der Waals surface area contributed by atoms with E-state index >= 15 is 0 Å². The molecule has 110 valence electrons. The molecule has 21 heavy (non-hydrogen) atoms. The van der Waals surface area contributed by atoms with Crippen LogP contribution in [0, 0.1) is 13.8 Å². The molecule has 0 bridgehead atoms.